The topological polar surface area (TPSA) is 253 Å². The zero-order chi connectivity index (χ0) is 46.6. The molecule has 0 heterocycles. The predicted octanol–water partition coefficient (Wildman–Crippen LogP) is 5.46. The summed E-state index contributed by atoms with van der Waals surface area (Å²) in [5, 5.41) is 35.3. The quantitative estimate of drug-likeness (QED) is 0.0415. The van der Waals surface area contributed by atoms with Crippen LogP contribution >= 0.6 is 0 Å². The number of nitrogens with one attached hydrogen (secondary N) is 3. The minimum absolute atomic E-state index is 0.0336. The summed E-state index contributed by atoms with van der Waals surface area (Å²) in [4.78, 5) is 82.4. The van der Waals surface area contributed by atoms with E-state index in [-0.39, 0.29) is 120 Å². The summed E-state index contributed by atoms with van der Waals surface area (Å²) in [6, 6.07) is -1.10. The second-order valence-electron chi connectivity index (χ2n) is 16.1. The van der Waals surface area contributed by atoms with Gasteiger partial charge < -0.3 is 50.2 Å². The summed E-state index contributed by atoms with van der Waals surface area (Å²) >= 11 is 0. The average molecular weight is 902 g/mol. The third kappa shape index (κ3) is 41.0. The van der Waals surface area contributed by atoms with E-state index in [0.29, 0.717) is 32.4 Å². The number of aliphatic carboxylic acids is 2. The highest BCUT2D eigenvalue weighted by atomic mass is 16.5. The first kappa shape index (κ1) is 59.5. The molecule has 17 heteroatoms. The largest absolute Gasteiger partial charge is 0.481 e. The maximum atomic E-state index is 12.3. The van der Waals surface area contributed by atoms with Crippen LogP contribution in [0.25, 0.3) is 0 Å². The molecule has 6 N–H and O–H groups in total. The van der Waals surface area contributed by atoms with Crippen LogP contribution in [0.2, 0.25) is 0 Å². The SMILES string of the molecule is CCC[C@@H](CCCCNC(=O)COCCOCCNC(=O)COCCOCCCC(=O)CCC(NC(=O)CCCCCCCCCCCCCCCCC(=O)O)C(=O)O)C(=O)CO. The highest BCUT2D eigenvalue weighted by Gasteiger charge is 2.21. The number of rotatable bonds is 48. The van der Waals surface area contributed by atoms with Crippen LogP contribution in [-0.4, -0.2) is 135 Å². The molecule has 0 radical (unpaired) electrons. The van der Waals surface area contributed by atoms with Gasteiger partial charge >= 0.3 is 11.9 Å². The standard InChI is InChI=1S/C46H83N3O14/c1-2-20-38(41(52)35-50)21-17-18-27-47-43(54)36-63-34-32-61-30-28-48-44(55)37-62-33-31-60-29-19-22-39(51)25-26-40(46(58)59)49-42(53)23-15-13-11-9-7-5-3-4-6-8-10-12-14-16-24-45(56)57/h38,40,50H,2-37H2,1H3,(H,47,54)(H,48,55)(H,49,53)(H,56,57)(H,58,59)/t38-,40?/m0/s1. The smallest absolute Gasteiger partial charge is 0.326 e. The van der Waals surface area contributed by atoms with Crippen LogP contribution < -0.4 is 16.0 Å². The van der Waals surface area contributed by atoms with Gasteiger partial charge in [0.05, 0.1) is 33.0 Å². The molecule has 17 nitrogen and oxygen atoms in total. The molecule has 0 bridgehead atoms. The van der Waals surface area contributed by atoms with Crippen LogP contribution in [0.4, 0.5) is 0 Å². The molecule has 0 aromatic heterocycles. The van der Waals surface area contributed by atoms with Gasteiger partial charge in [0.15, 0.2) is 5.78 Å². The van der Waals surface area contributed by atoms with Crippen LogP contribution in [0.3, 0.4) is 0 Å². The molecule has 0 rings (SSSR count). The zero-order valence-electron chi connectivity index (χ0n) is 38.4. The third-order valence-electron chi connectivity index (χ3n) is 10.5. The summed E-state index contributed by atoms with van der Waals surface area (Å²) in [7, 11) is 0. The number of amides is 3. The molecule has 366 valence electrons. The Morgan fingerprint density at radius 1 is 0.476 bits per heavy atom. The fraction of sp³-hybridized carbons (Fsp3) is 0.848. The van der Waals surface area contributed by atoms with Crippen molar-refractivity contribution >= 4 is 41.2 Å². The zero-order valence-corrected chi connectivity index (χ0v) is 38.4. The Balaban J connectivity index is 3.67. The minimum Gasteiger partial charge on any atom is -0.481 e. The number of aliphatic hydroxyl groups excluding tert-OH is 1. The van der Waals surface area contributed by atoms with E-state index >= 15 is 0 Å². The Kier molecular flexibility index (Phi) is 41.3. The number of unbranched alkanes of at least 4 members (excludes halogenated alkanes) is 14. The number of Topliss-reactive ketones (excluding diaryl/α,β-unsaturated/α-hetero) is 2. The molecule has 2 atom stereocenters. The second-order valence-corrected chi connectivity index (χ2v) is 16.1. The average Bonchev–Trinajstić information content (AvgIpc) is 3.25. The number of carbonyl (C=O) groups is 7. The van der Waals surface area contributed by atoms with E-state index < -0.39 is 24.6 Å². The summed E-state index contributed by atoms with van der Waals surface area (Å²) < 4.78 is 21.5. The van der Waals surface area contributed by atoms with Crippen LogP contribution in [0.5, 0.6) is 0 Å². The Bertz CT molecular complexity index is 1220. The molecular formula is C46H83N3O14. The highest BCUT2D eigenvalue weighted by Crippen LogP contribution is 2.16. The third-order valence-corrected chi connectivity index (χ3v) is 10.5. The lowest BCUT2D eigenvalue weighted by Gasteiger charge is -2.14. The maximum absolute atomic E-state index is 12.3. The van der Waals surface area contributed by atoms with Crippen molar-refractivity contribution in [2.24, 2.45) is 5.92 Å². The summed E-state index contributed by atoms with van der Waals surface area (Å²) in [5.74, 6) is -3.08. The molecule has 0 spiro atoms. The lowest BCUT2D eigenvalue weighted by molar-refractivity contribution is -0.142. The fourth-order valence-corrected chi connectivity index (χ4v) is 6.83. The summed E-state index contributed by atoms with van der Waals surface area (Å²) in [5.41, 5.74) is 0. The van der Waals surface area contributed by atoms with Crippen molar-refractivity contribution in [1.82, 2.24) is 16.0 Å². The lowest BCUT2D eigenvalue weighted by Crippen LogP contribution is -2.41. The van der Waals surface area contributed by atoms with E-state index in [9.17, 15) is 38.7 Å². The van der Waals surface area contributed by atoms with Crippen molar-refractivity contribution in [3.8, 4) is 0 Å². The van der Waals surface area contributed by atoms with Crippen LogP contribution in [0, 0.1) is 5.92 Å². The summed E-state index contributed by atoms with van der Waals surface area (Å²) in [6.45, 7) is 3.59. The first-order chi connectivity index (χ1) is 30.5. The van der Waals surface area contributed by atoms with Gasteiger partial charge in [-0.25, -0.2) is 4.79 Å². The minimum atomic E-state index is -1.16. The van der Waals surface area contributed by atoms with E-state index in [0.717, 1.165) is 64.2 Å². The lowest BCUT2D eigenvalue weighted by atomic mass is 9.93. The number of ether oxygens (including phenoxy) is 4. The predicted molar refractivity (Wildman–Crippen MR) is 238 cm³/mol. The van der Waals surface area contributed by atoms with Crippen molar-refractivity contribution in [2.45, 2.75) is 173 Å². The normalized spacial score (nSPS) is 12.1. The van der Waals surface area contributed by atoms with Crippen LogP contribution in [0.1, 0.15) is 167 Å². The number of hydrogen-bond donors (Lipinski definition) is 6. The van der Waals surface area contributed by atoms with Crippen LogP contribution in [0.15, 0.2) is 0 Å². The monoisotopic (exact) mass is 902 g/mol. The molecule has 0 aromatic carbocycles. The van der Waals surface area contributed by atoms with Gasteiger partial charge in [0.1, 0.15) is 31.6 Å². The van der Waals surface area contributed by atoms with Gasteiger partial charge in [0.25, 0.3) is 0 Å². The van der Waals surface area contributed by atoms with Gasteiger partial charge in [-0.15, -0.1) is 0 Å². The van der Waals surface area contributed by atoms with E-state index in [1.54, 1.807) is 0 Å². The molecule has 1 unspecified atom stereocenters. The molecule has 0 aliphatic heterocycles. The molecular weight excluding hydrogens is 819 g/mol. The number of ketones is 2. The van der Waals surface area contributed by atoms with Gasteiger partial charge in [0.2, 0.25) is 17.7 Å². The number of aliphatic hydroxyl groups is 1. The Labute approximate surface area is 376 Å². The van der Waals surface area contributed by atoms with E-state index in [1.165, 1.54) is 44.9 Å². The van der Waals surface area contributed by atoms with Gasteiger partial charge in [-0.3, -0.25) is 28.8 Å². The second kappa shape index (κ2) is 43.7. The number of carboxylic acid groups (broad SMARTS) is 2. The van der Waals surface area contributed by atoms with Gasteiger partial charge in [-0.1, -0.05) is 96.8 Å². The number of carboxylic acids is 2. The summed E-state index contributed by atoms with van der Waals surface area (Å²) in [6.07, 6.45) is 20.3. The molecule has 0 saturated heterocycles. The van der Waals surface area contributed by atoms with Gasteiger partial charge in [-0.05, 0) is 44.9 Å². The molecule has 63 heavy (non-hydrogen) atoms. The van der Waals surface area contributed by atoms with Crippen molar-refractivity contribution in [3.05, 3.63) is 0 Å². The molecule has 0 fully saturated rings. The Morgan fingerprint density at radius 2 is 0.984 bits per heavy atom. The molecule has 0 saturated carbocycles. The van der Waals surface area contributed by atoms with Crippen molar-refractivity contribution in [1.29, 1.82) is 0 Å². The van der Waals surface area contributed by atoms with E-state index in [1.807, 2.05) is 6.92 Å². The molecule has 0 aliphatic rings. The first-order valence-corrected chi connectivity index (χ1v) is 23.7. The van der Waals surface area contributed by atoms with E-state index in [2.05, 4.69) is 16.0 Å². The number of hydrogen-bond acceptors (Lipinski definition) is 12. The highest BCUT2D eigenvalue weighted by molar-refractivity contribution is 5.85. The molecule has 3 amide bonds. The first-order valence-electron chi connectivity index (χ1n) is 23.7. The molecule has 0 aromatic rings. The van der Waals surface area contributed by atoms with Gasteiger partial charge in [-0.2, -0.15) is 0 Å². The maximum Gasteiger partial charge on any atom is 0.326 e. The van der Waals surface area contributed by atoms with Crippen LogP contribution in [-0.2, 0) is 52.5 Å². The van der Waals surface area contributed by atoms with E-state index in [4.69, 9.17) is 29.2 Å². The van der Waals surface area contributed by atoms with Crippen molar-refractivity contribution in [2.75, 3.05) is 72.6 Å². The molecule has 0 aliphatic carbocycles. The Hall–Kier alpha value is -3.51. The number of carbonyl (C=O) groups excluding carboxylic acids is 5. The fourth-order valence-electron chi connectivity index (χ4n) is 6.83. The van der Waals surface area contributed by atoms with Crippen molar-refractivity contribution < 1.29 is 67.8 Å². The van der Waals surface area contributed by atoms with Crippen molar-refractivity contribution in [3.63, 3.8) is 0 Å². The Morgan fingerprint density at radius 3 is 1.51 bits per heavy atom. The van der Waals surface area contributed by atoms with Gasteiger partial charge in [0, 0.05) is 51.3 Å².